The van der Waals surface area contributed by atoms with Crippen LogP contribution in [-0.2, 0) is 4.79 Å². The van der Waals surface area contributed by atoms with E-state index in [1.807, 2.05) is 37.3 Å². The SMILES string of the molecule is Cc1cccc(OC2CCN(C(=O)/C=C/c3ccc(Cl)cc3)C2)n1. The quantitative estimate of drug-likeness (QED) is 0.795. The number of carbonyl (C=O) groups is 1. The van der Waals surface area contributed by atoms with Gasteiger partial charge in [0.15, 0.2) is 0 Å². The van der Waals surface area contributed by atoms with Crippen LogP contribution in [0.5, 0.6) is 5.88 Å². The van der Waals surface area contributed by atoms with Gasteiger partial charge >= 0.3 is 0 Å². The van der Waals surface area contributed by atoms with Crippen LogP contribution in [0.2, 0.25) is 5.02 Å². The molecule has 1 aromatic carbocycles. The lowest BCUT2D eigenvalue weighted by Crippen LogP contribution is -2.29. The Bertz CT molecular complexity index is 743. The van der Waals surface area contributed by atoms with Gasteiger partial charge in [0.25, 0.3) is 0 Å². The summed E-state index contributed by atoms with van der Waals surface area (Å²) >= 11 is 5.85. The number of halogens is 1. The first kappa shape index (κ1) is 16.5. The summed E-state index contributed by atoms with van der Waals surface area (Å²) in [6, 6.07) is 13.1. The van der Waals surface area contributed by atoms with Crippen molar-refractivity contribution in [1.29, 1.82) is 0 Å². The summed E-state index contributed by atoms with van der Waals surface area (Å²) in [7, 11) is 0. The monoisotopic (exact) mass is 342 g/mol. The van der Waals surface area contributed by atoms with Crippen molar-refractivity contribution in [3.8, 4) is 5.88 Å². The third-order valence-corrected chi connectivity index (χ3v) is 4.15. The number of benzene rings is 1. The van der Waals surface area contributed by atoms with E-state index in [1.165, 1.54) is 0 Å². The van der Waals surface area contributed by atoms with Crippen molar-refractivity contribution in [2.24, 2.45) is 0 Å². The number of pyridine rings is 1. The largest absolute Gasteiger partial charge is 0.472 e. The summed E-state index contributed by atoms with van der Waals surface area (Å²) in [5.74, 6) is 0.610. The molecular weight excluding hydrogens is 324 g/mol. The number of rotatable bonds is 4. The van der Waals surface area contributed by atoms with E-state index in [4.69, 9.17) is 16.3 Å². The molecule has 1 saturated heterocycles. The van der Waals surface area contributed by atoms with E-state index in [9.17, 15) is 4.79 Å². The molecule has 3 rings (SSSR count). The Morgan fingerprint density at radius 2 is 2.08 bits per heavy atom. The van der Waals surface area contributed by atoms with E-state index < -0.39 is 0 Å². The molecule has 0 radical (unpaired) electrons. The van der Waals surface area contributed by atoms with Gasteiger partial charge in [-0.3, -0.25) is 4.79 Å². The number of carbonyl (C=O) groups excluding carboxylic acids is 1. The molecule has 24 heavy (non-hydrogen) atoms. The predicted octanol–water partition coefficient (Wildman–Crippen LogP) is 3.74. The highest BCUT2D eigenvalue weighted by atomic mass is 35.5. The average Bonchev–Trinajstić information content (AvgIpc) is 3.03. The highest BCUT2D eigenvalue weighted by molar-refractivity contribution is 6.30. The molecule has 0 N–H and O–H groups in total. The van der Waals surface area contributed by atoms with Gasteiger partial charge in [0.2, 0.25) is 11.8 Å². The maximum atomic E-state index is 12.3. The number of likely N-dealkylation sites (tertiary alicyclic amines) is 1. The first-order valence-corrected chi connectivity index (χ1v) is 8.31. The third kappa shape index (κ3) is 4.36. The van der Waals surface area contributed by atoms with Gasteiger partial charge in [-0.05, 0) is 36.8 Å². The van der Waals surface area contributed by atoms with Crippen LogP contribution in [0.25, 0.3) is 6.08 Å². The minimum atomic E-state index is -0.00724. The smallest absolute Gasteiger partial charge is 0.246 e. The Morgan fingerprint density at radius 1 is 1.29 bits per heavy atom. The number of nitrogens with zero attached hydrogens (tertiary/aromatic N) is 2. The zero-order chi connectivity index (χ0) is 16.9. The van der Waals surface area contributed by atoms with Crippen LogP contribution in [0.4, 0.5) is 0 Å². The van der Waals surface area contributed by atoms with Crippen molar-refractivity contribution in [3.05, 3.63) is 64.8 Å². The second-order valence-electron chi connectivity index (χ2n) is 5.81. The Morgan fingerprint density at radius 3 is 2.83 bits per heavy atom. The van der Waals surface area contributed by atoms with E-state index in [1.54, 1.807) is 29.2 Å². The molecule has 0 saturated carbocycles. The minimum Gasteiger partial charge on any atom is -0.472 e. The standard InChI is InChI=1S/C19H19ClN2O2/c1-14-3-2-4-18(21-14)24-17-11-12-22(13-17)19(23)10-7-15-5-8-16(20)9-6-15/h2-10,17H,11-13H2,1H3/b10-7+. The van der Waals surface area contributed by atoms with Crippen LogP contribution < -0.4 is 4.74 Å². The van der Waals surface area contributed by atoms with Gasteiger partial charge in [0, 0.05) is 35.8 Å². The maximum Gasteiger partial charge on any atom is 0.246 e. The van der Waals surface area contributed by atoms with Crippen molar-refractivity contribution < 1.29 is 9.53 Å². The fraction of sp³-hybridized carbons (Fsp3) is 0.263. The van der Waals surface area contributed by atoms with Crippen LogP contribution in [0.15, 0.2) is 48.5 Å². The molecule has 2 heterocycles. The van der Waals surface area contributed by atoms with Crippen LogP contribution >= 0.6 is 11.6 Å². The number of aromatic nitrogens is 1. The molecule has 1 aliphatic heterocycles. The van der Waals surface area contributed by atoms with Crippen molar-refractivity contribution in [3.63, 3.8) is 0 Å². The summed E-state index contributed by atoms with van der Waals surface area (Å²) in [5, 5.41) is 0.683. The minimum absolute atomic E-state index is 0.00625. The summed E-state index contributed by atoms with van der Waals surface area (Å²) in [5.41, 5.74) is 1.87. The van der Waals surface area contributed by atoms with E-state index >= 15 is 0 Å². The predicted molar refractivity (Wildman–Crippen MR) is 95.1 cm³/mol. The van der Waals surface area contributed by atoms with Crippen LogP contribution in [0.1, 0.15) is 17.7 Å². The van der Waals surface area contributed by atoms with Gasteiger partial charge in [-0.2, -0.15) is 0 Å². The first-order chi connectivity index (χ1) is 11.6. The zero-order valence-electron chi connectivity index (χ0n) is 13.5. The van der Waals surface area contributed by atoms with Gasteiger partial charge in [-0.25, -0.2) is 4.98 Å². The van der Waals surface area contributed by atoms with Gasteiger partial charge in [-0.1, -0.05) is 29.8 Å². The second kappa shape index (κ2) is 7.49. The molecule has 1 unspecified atom stereocenters. The summed E-state index contributed by atoms with van der Waals surface area (Å²) in [6.45, 7) is 3.21. The summed E-state index contributed by atoms with van der Waals surface area (Å²) in [6.07, 6.45) is 4.20. The summed E-state index contributed by atoms with van der Waals surface area (Å²) < 4.78 is 5.87. The molecule has 0 spiro atoms. The molecule has 5 heteroatoms. The van der Waals surface area contributed by atoms with Crippen molar-refractivity contribution in [1.82, 2.24) is 9.88 Å². The topological polar surface area (TPSA) is 42.4 Å². The molecule has 0 bridgehead atoms. The van der Waals surface area contributed by atoms with E-state index in [0.29, 0.717) is 24.0 Å². The number of ether oxygens (including phenoxy) is 1. The first-order valence-electron chi connectivity index (χ1n) is 7.93. The zero-order valence-corrected chi connectivity index (χ0v) is 14.2. The normalized spacial score (nSPS) is 17.4. The van der Waals surface area contributed by atoms with Gasteiger partial charge in [0.1, 0.15) is 6.10 Å². The third-order valence-electron chi connectivity index (χ3n) is 3.90. The highest BCUT2D eigenvalue weighted by Crippen LogP contribution is 2.17. The lowest BCUT2D eigenvalue weighted by molar-refractivity contribution is -0.125. The van der Waals surface area contributed by atoms with Crippen molar-refractivity contribution in [2.75, 3.05) is 13.1 Å². The Kier molecular flexibility index (Phi) is 5.16. The van der Waals surface area contributed by atoms with Crippen molar-refractivity contribution in [2.45, 2.75) is 19.4 Å². The summed E-state index contributed by atoms with van der Waals surface area (Å²) in [4.78, 5) is 18.4. The Hall–Kier alpha value is -2.33. The van der Waals surface area contributed by atoms with Crippen LogP contribution in [0, 0.1) is 6.92 Å². The molecule has 4 nitrogen and oxygen atoms in total. The van der Waals surface area contributed by atoms with Gasteiger partial charge in [0.05, 0.1) is 6.54 Å². The molecule has 1 fully saturated rings. The number of hydrogen-bond acceptors (Lipinski definition) is 3. The van der Waals surface area contributed by atoms with Crippen molar-refractivity contribution >= 4 is 23.6 Å². The van der Waals surface area contributed by atoms with Crippen LogP contribution in [0.3, 0.4) is 0 Å². The van der Waals surface area contributed by atoms with E-state index in [0.717, 1.165) is 17.7 Å². The molecule has 1 aromatic heterocycles. The molecule has 124 valence electrons. The molecule has 1 amide bonds. The number of hydrogen-bond donors (Lipinski definition) is 0. The molecule has 2 aromatic rings. The number of aryl methyl sites for hydroxylation is 1. The van der Waals surface area contributed by atoms with E-state index in [-0.39, 0.29) is 12.0 Å². The molecule has 1 atom stereocenters. The van der Waals surface area contributed by atoms with Gasteiger partial charge in [-0.15, -0.1) is 0 Å². The average molecular weight is 343 g/mol. The lowest BCUT2D eigenvalue weighted by Gasteiger charge is -2.15. The molecule has 0 aliphatic carbocycles. The fourth-order valence-corrected chi connectivity index (χ4v) is 2.75. The Balaban J connectivity index is 1.55. The highest BCUT2D eigenvalue weighted by Gasteiger charge is 2.26. The Labute approximate surface area is 146 Å². The lowest BCUT2D eigenvalue weighted by atomic mass is 10.2. The van der Waals surface area contributed by atoms with Crippen LogP contribution in [-0.4, -0.2) is 35.0 Å². The second-order valence-corrected chi connectivity index (χ2v) is 6.25. The fourth-order valence-electron chi connectivity index (χ4n) is 2.63. The maximum absolute atomic E-state index is 12.3. The number of amides is 1. The van der Waals surface area contributed by atoms with Gasteiger partial charge < -0.3 is 9.64 Å². The van der Waals surface area contributed by atoms with E-state index in [2.05, 4.69) is 4.98 Å². The molecule has 1 aliphatic rings. The molecular formula is C19H19ClN2O2.